The number of thiocarbonyl (C=S) groups is 1. The molecule has 7 nitrogen and oxygen atoms in total. The molecule has 4 rings (SSSR count). The number of carbonyl (C=O) groups excluding carboxylic acids is 1. The van der Waals surface area contributed by atoms with Crippen LogP contribution in [-0.2, 0) is 0 Å². The number of ether oxygens (including phenoxy) is 1. The summed E-state index contributed by atoms with van der Waals surface area (Å²) in [5.41, 5.74) is 5.56. The van der Waals surface area contributed by atoms with E-state index in [1.54, 1.807) is 18.0 Å². The van der Waals surface area contributed by atoms with Crippen molar-refractivity contribution in [3.05, 3.63) is 77.4 Å². The zero-order valence-electron chi connectivity index (χ0n) is 17.3. The molecule has 0 aliphatic carbocycles. The van der Waals surface area contributed by atoms with Crippen molar-refractivity contribution >= 4 is 40.0 Å². The highest BCUT2D eigenvalue weighted by Gasteiger charge is 2.12. The van der Waals surface area contributed by atoms with Crippen LogP contribution in [0.4, 0.5) is 5.69 Å². The molecule has 0 radical (unpaired) electrons. The van der Waals surface area contributed by atoms with Gasteiger partial charge in [0.2, 0.25) is 0 Å². The lowest BCUT2D eigenvalue weighted by atomic mass is 10.1. The molecule has 1 heterocycles. The molecule has 1 amide bonds. The number of carbonyl (C=O) groups is 1. The first-order chi connectivity index (χ1) is 14.9. The molecule has 0 saturated heterocycles. The number of hydrogen-bond donors (Lipinski definition) is 2. The van der Waals surface area contributed by atoms with E-state index >= 15 is 0 Å². The van der Waals surface area contributed by atoms with Gasteiger partial charge in [-0.25, -0.2) is 0 Å². The van der Waals surface area contributed by atoms with Gasteiger partial charge in [-0.2, -0.15) is 4.80 Å². The average Bonchev–Trinajstić information content (AvgIpc) is 3.17. The Morgan fingerprint density at radius 2 is 1.71 bits per heavy atom. The largest absolute Gasteiger partial charge is 0.497 e. The van der Waals surface area contributed by atoms with Gasteiger partial charge in [-0.05, 0) is 80.2 Å². The summed E-state index contributed by atoms with van der Waals surface area (Å²) < 4.78 is 5.18. The van der Waals surface area contributed by atoms with Crippen LogP contribution in [-0.4, -0.2) is 33.1 Å². The summed E-state index contributed by atoms with van der Waals surface area (Å²) >= 11 is 5.31. The van der Waals surface area contributed by atoms with Crippen LogP contribution in [0.2, 0.25) is 0 Å². The number of aryl methyl sites for hydroxylation is 2. The maximum Gasteiger partial charge on any atom is 0.257 e. The molecule has 0 aliphatic heterocycles. The number of anilines is 1. The van der Waals surface area contributed by atoms with Gasteiger partial charge in [0, 0.05) is 11.3 Å². The summed E-state index contributed by atoms with van der Waals surface area (Å²) in [6.45, 7) is 3.89. The van der Waals surface area contributed by atoms with E-state index in [4.69, 9.17) is 17.0 Å². The molecule has 31 heavy (non-hydrogen) atoms. The van der Waals surface area contributed by atoms with E-state index in [1.165, 1.54) is 0 Å². The van der Waals surface area contributed by atoms with Gasteiger partial charge in [-0.15, -0.1) is 10.2 Å². The molecular weight excluding hydrogens is 410 g/mol. The van der Waals surface area contributed by atoms with E-state index in [0.717, 1.165) is 28.1 Å². The molecule has 3 aromatic carbocycles. The first kappa shape index (κ1) is 20.5. The van der Waals surface area contributed by atoms with Crippen LogP contribution in [0, 0.1) is 13.8 Å². The molecule has 0 saturated carbocycles. The van der Waals surface area contributed by atoms with Crippen molar-refractivity contribution in [2.45, 2.75) is 13.8 Å². The Morgan fingerprint density at radius 3 is 2.42 bits per heavy atom. The van der Waals surface area contributed by atoms with Crippen LogP contribution >= 0.6 is 12.2 Å². The molecule has 0 atom stereocenters. The molecule has 0 aliphatic rings. The Hall–Kier alpha value is -3.78. The van der Waals surface area contributed by atoms with Gasteiger partial charge in [-0.1, -0.05) is 17.7 Å². The third-order valence-corrected chi connectivity index (χ3v) is 5.00. The monoisotopic (exact) mass is 431 g/mol. The predicted octanol–water partition coefficient (Wildman–Crippen LogP) is 4.17. The SMILES string of the molecule is COc1ccc(-n2nc3ccc(NC(=S)NC(=O)c4ccc(C)cc4C)cc3n2)cc1. The number of amides is 1. The first-order valence-electron chi connectivity index (χ1n) is 9.64. The number of methoxy groups -OCH3 is 1. The van der Waals surface area contributed by atoms with Crippen molar-refractivity contribution < 1.29 is 9.53 Å². The van der Waals surface area contributed by atoms with Gasteiger partial charge in [0.1, 0.15) is 16.8 Å². The highest BCUT2D eigenvalue weighted by atomic mass is 32.1. The second-order valence-corrected chi connectivity index (χ2v) is 7.53. The van der Waals surface area contributed by atoms with E-state index in [2.05, 4.69) is 20.8 Å². The molecular formula is C23H21N5O2S. The third kappa shape index (κ3) is 4.54. The Labute approximate surface area is 185 Å². The summed E-state index contributed by atoms with van der Waals surface area (Å²) in [6, 6.07) is 18.7. The van der Waals surface area contributed by atoms with E-state index < -0.39 is 0 Å². The van der Waals surface area contributed by atoms with Crippen LogP contribution < -0.4 is 15.4 Å². The minimum absolute atomic E-state index is 0.215. The molecule has 156 valence electrons. The lowest BCUT2D eigenvalue weighted by molar-refractivity contribution is 0.0977. The maximum atomic E-state index is 12.5. The van der Waals surface area contributed by atoms with E-state index in [1.807, 2.05) is 68.4 Å². The third-order valence-electron chi connectivity index (χ3n) is 4.80. The fourth-order valence-electron chi connectivity index (χ4n) is 3.22. The van der Waals surface area contributed by atoms with Gasteiger partial charge in [0.15, 0.2) is 5.11 Å². The Bertz CT molecular complexity index is 1280. The molecule has 0 spiro atoms. The number of benzene rings is 3. The number of nitrogens with zero attached hydrogens (tertiary/aromatic N) is 3. The number of hydrogen-bond acceptors (Lipinski definition) is 5. The minimum atomic E-state index is -0.249. The number of rotatable bonds is 4. The summed E-state index contributed by atoms with van der Waals surface area (Å²) in [5, 5.41) is 15.0. The van der Waals surface area contributed by atoms with Gasteiger partial charge < -0.3 is 10.1 Å². The number of nitrogens with one attached hydrogen (secondary N) is 2. The van der Waals surface area contributed by atoms with E-state index in [-0.39, 0.29) is 11.0 Å². The number of aromatic nitrogens is 3. The topological polar surface area (TPSA) is 81.1 Å². The quantitative estimate of drug-likeness (QED) is 0.472. The van der Waals surface area contributed by atoms with E-state index in [0.29, 0.717) is 16.8 Å². The zero-order valence-corrected chi connectivity index (χ0v) is 18.2. The summed E-state index contributed by atoms with van der Waals surface area (Å²) in [5.74, 6) is 0.518. The van der Waals surface area contributed by atoms with Gasteiger partial charge in [0.05, 0.1) is 12.8 Å². The van der Waals surface area contributed by atoms with Gasteiger partial charge >= 0.3 is 0 Å². The fourth-order valence-corrected chi connectivity index (χ4v) is 3.44. The van der Waals surface area contributed by atoms with E-state index in [9.17, 15) is 4.79 Å². The lowest BCUT2D eigenvalue weighted by Crippen LogP contribution is -2.34. The summed E-state index contributed by atoms with van der Waals surface area (Å²) in [6.07, 6.45) is 0. The fraction of sp³-hybridized carbons (Fsp3) is 0.130. The van der Waals surface area contributed by atoms with Crippen molar-refractivity contribution in [2.24, 2.45) is 0 Å². The van der Waals surface area contributed by atoms with Gasteiger partial charge in [0.25, 0.3) is 5.91 Å². The molecule has 2 N–H and O–H groups in total. The van der Waals surface area contributed by atoms with Crippen molar-refractivity contribution in [1.29, 1.82) is 0 Å². The first-order valence-corrected chi connectivity index (χ1v) is 10.0. The molecule has 0 unspecified atom stereocenters. The number of fused-ring (bicyclic) bond motifs is 1. The maximum absolute atomic E-state index is 12.5. The summed E-state index contributed by atoms with van der Waals surface area (Å²) in [7, 11) is 1.62. The van der Waals surface area contributed by atoms with Crippen LogP contribution in [0.1, 0.15) is 21.5 Å². The van der Waals surface area contributed by atoms with Crippen LogP contribution in [0.15, 0.2) is 60.7 Å². The molecule has 4 aromatic rings. The molecule has 1 aromatic heterocycles. The minimum Gasteiger partial charge on any atom is -0.497 e. The highest BCUT2D eigenvalue weighted by Crippen LogP contribution is 2.19. The summed E-state index contributed by atoms with van der Waals surface area (Å²) in [4.78, 5) is 14.1. The average molecular weight is 432 g/mol. The molecule has 0 fully saturated rings. The Kier molecular flexibility index (Phi) is 5.64. The second kappa shape index (κ2) is 8.53. The standard InChI is InChI=1S/C23H21N5O2S/c1-14-4-10-19(15(2)12-14)22(29)25-23(31)24-16-5-11-20-21(13-16)27-28(26-20)17-6-8-18(30-3)9-7-17/h4-13H,1-3H3,(H2,24,25,29,31). The van der Waals surface area contributed by atoms with Crippen LogP contribution in [0.3, 0.4) is 0 Å². The molecule has 0 bridgehead atoms. The van der Waals surface area contributed by atoms with Crippen LogP contribution in [0.5, 0.6) is 5.75 Å². The Balaban J connectivity index is 1.48. The van der Waals surface area contributed by atoms with Gasteiger partial charge in [-0.3, -0.25) is 10.1 Å². The van der Waals surface area contributed by atoms with Crippen molar-refractivity contribution in [3.63, 3.8) is 0 Å². The predicted molar refractivity (Wildman–Crippen MR) is 125 cm³/mol. The van der Waals surface area contributed by atoms with Crippen LogP contribution in [0.25, 0.3) is 16.7 Å². The van der Waals surface area contributed by atoms with Crippen molar-refractivity contribution in [3.8, 4) is 11.4 Å². The second-order valence-electron chi connectivity index (χ2n) is 7.12. The normalized spacial score (nSPS) is 10.7. The van der Waals surface area contributed by atoms with Crippen molar-refractivity contribution in [1.82, 2.24) is 20.3 Å². The zero-order chi connectivity index (χ0) is 22.0. The lowest BCUT2D eigenvalue weighted by Gasteiger charge is -2.11. The smallest absolute Gasteiger partial charge is 0.257 e. The molecule has 8 heteroatoms. The van der Waals surface area contributed by atoms with Crippen molar-refractivity contribution in [2.75, 3.05) is 12.4 Å². The highest BCUT2D eigenvalue weighted by molar-refractivity contribution is 7.80. The Morgan fingerprint density at radius 1 is 0.968 bits per heavy atom.